The summed E-state index contributed by atoms with van der Waals surface area (Å²) in [6.45, 7) is 0. The van der Waals surface area contributed by atoms with E-state index in [2.05, 4.69) is 65.2 Å². The summed E-state index contributed by atoms with van der Waals surface area (Å²) in [7, 11) is 0. The molecule has 0 unspecified atom stereocenters. The van der Waals surface area contributed by atoms with E-state index >= 15 is 0 Å². The van der Waals surface area contributed by atoms with E-state index in [4.69, 9.17) is 19.9 Å². The lowest BCUT2D eigenvalue weighted by Gasteiger charge is -2.10. The van der Waals surface area contributed by atoms with Crippen molar-refractivity contribution in [3.63, 3.8) is 0 Å². The fraction of sp³-hybridized carbons (Fsp3) is 0. The Kier molecular flexibility index (Phi) is 5.38. The second-order valence-corrected chi connectivity index (χ2v) is 10.0. The van der Waals surface area contributed by atoms with Gasteiger partial charge in [0.25, 0.3) is 0 Å². The number of hydrogen-bond donors (Lipinski definition) is 0. The summed E-state index contributed by atoms with van der Waals surface area (Å²) in [6, 6.07) is 45.6. The van der Waals surface area contributed by atoms with E-state index in [1.165, 1.54) is 21.5 Å². The Morgan fingerprint density at radius 3 is 1.61 bits per heavy atom. The number of pyridine rings is 1. The largest absolute Gasteiger partial charge is 0.294 e. The topological polar surface area (TPSA) is 56.5 Å². The predicted octanol–water partition coefficient (Wildman–Crippen LogP) is 8.52. The van der Waals surface area contributed by atoms with Gasteiger partial charge in [0, 0.05) is 33.7 Å². The maximum atomic E-state index is 4.95. The van der Waals surface area contributed by atoms with E-state index in [-0.39, 0.29) is 0 Å². The van der Waals surface area contributed by atoms with E-state index in [9.17, 15) is 0 Å². The van der Waals surface area contributed by atoms with Crippen LogP contribution in [0.4, 0.5) is 0 Å². The zero-order valence-corrected chi connectivity index (χ0v) is 22.0. The molecule has 0 radical (unpaired) electrons. The number of rotatable bonds is 4. The first-order valence-corrected chi connectivity index (χ1v) is 13.6. The highest BCUT2D eigenvalue weighted by Gasteiger charge is 2.16. The van der Waals surface area contributed by atoms with Crippen LogP contribution in [-0.4, -0.2) is 24.5 Å². The van der Waals surface area contributed by atoms with Crippen molar-refractivity contribution < 1.29 is 0 Å². The van der Waals surface area contributed by atoms with Crippen LogP contribution in [0.2, 0.25) is 0 Å². The Morgan fingerprint density at radius 2 is 0.976 bits per heavy atom. The average molecular weight is 526 g/mol. The number of aromatic nitrogens is 5. The molecule has 0 spiro atoms. The molecule has 0 fully saturated rings. The molecule has 5 nitrogen and oxygen atoms in total. The third-order valence-corrected chi connectivity index (χ3v) is 7.47. The summed E-state index contributed by atoms with van der Waals surface area (Å²) in [5.74, 6) is 2.70. The lowest BCUT2D eigenvalue weighted by atomic mass is 10.1. The standard InChI is InChI=1S/C36H23N5/c1-3-11-24(12-4-1)34-38-35(25-13-5-2-6-14-25)40-36(39-34)28-19-20-33(37-23-28)41-31-18-10-9-17-29(31)30-21-26-15-7-8-16-27(26)22-32(30)41/h1-23H. The second kappa shape index (κ2) is 9.50. The molecule has 0 saturated carbocycles. The molecular formula is C36H23N5. The summed E-state index contributed by atoms with van der Waals surface area (Å²) in [5.41, 5.74) is 4.96. The van der Waals surface area contributed by atoms with Crippen molar-refractivity contribution in [3.8, 4) is 40.0 Å². The zero-order chi connectivity index (χ0) is 27.2. The first-order chi connectivity index (χ1) is 20.3. The van der Waals surface area contributed by atoms with Gasteiger partial charge < -0.3 is 0 Å². The van der Waals surface area contributed by atoms with Gasteiger partial charge in [-0.1, -0.05) is 103 Å². The Bertz CT molecular complexity index is 2130. The van der Waals surface area contributed by atoms with Crippen molar-refractivity contribution in [2.75, 3.05) is 0 Å². The lowest BCUT2D eigenvalue weighted by molar-refractivity contribution is 1.05. The molecule has 192 valence electrons. The van der Waals surface area contributed by atoms with E-state index in [0.29, 0.717) is 17.5 Å². The van der Waals surface area contributed by atoms with Crippen molar-refractivity contribution in [2.24, 2.45) is 0 Å². The van der Waals surface area contributed by atoms with Crippen LogP contribution in [0.3, 0.4) is 0 Å². The normalized spacial score (nSPS) is 11.4. The molecule has 3 heterocycles. The monoisotopic (exact) mass is 525 g/mol. The lowest BCUT2D eigenvalue weighted by Crippen LogP contribution is -2.01. The van der Waals surface area contributed by atoms with Crippen LogP contribution in [0, 0.1) is 0 Å². The van der Waals surface area contributed by atoms with Crippen molar-refractivity contribution in [2.45, 2.75) is 0 Å². The molecule has 0 N–H and O–H groups in total. The van der Waals surface area contributed by atoms with Gasteiger partial charge in [-0.25, -0.2) is 19.9 Å². The van der Waals surface area contributed by atoms with Gasteiger partial charge >= 0.3 is 0 Å². The summed E-state index contributed by atoms with van der Waals surface area (Å²) < 4.78 is 2.24. The molecule has 5 heteroatoms. The number of nitrogens with zero attached hydrogens (tertiary/aromatic N) is 5. The van der Waals surface area contributed by atoms with Crippen molar-refractivity contribution >= 4 is 32.6 Å². The minimum atomic E-state index is 0.588. The van der Waals surface area contributed by atoms with Crippen LogP contribution < -0.4 is 0 Å². The maximum absolute atomic E-state index is 4.95. The molecule has 8 aromatic rings. The summed E-state index contributed by atoms with van der Waals surface area (Å²) >= 11 is 0. The SMILES string of the molecule is c1ccc(-c2nc(-c3ccccc3)nc(-c3ccc(-n4c5ccccc5c5cc6ccccc6cc54)nc3)n2)cc1. The maximum Gasteiger partial charge on any atom is 0.165 e. The summed E-state index contributed by atoms with van der Waals surface area (Å²) in [4.78, 5) is 19.5. The van der Waals surface area contributed by atoms with Crippen molar-refractivity contribution in [1.82, 2.24) is 24.5 Å². The molecule has 0 saturated heterocycles. The Hall–Kier alpha value is -5.68. The molecule has 0 amide bonds. The van der Waals surface area contributed by atoms with E-state index in [0.717, 1.165) is 33.5 Å². The van der Waals surface area contributed by atoms with Crippen molar-refractivity contribution in [3.05, 3.63) is 140 Å². The predicted molar refractivity (Wildman–Crippen MR) is 166 cm³/mol. The average Bonchev–Trinajstić information content (AvgIpc) is 3.37. The molecule has 0 aliphatic rings. The van der Waals surface area contributed by atoms with Gasteiger partial charge in [-0.2, -0.15) is 0 Å². The van der Waals surface area contributed by atoms with Crippen LogP contribution in [0.5, 0.6) is 0 Å². The summed E-state index contributed by atoms with van der Waals surface area (Å²) in [6.07, 6.45) is 1.86. The molecule has 41 heavy (non-hydrogen) atoms. The minimum Gasteiger partial charge on any atom is -0.294 e. The molecule has 3 aromatic heterocycles. The minimum absolute atomic E-state index is 0.588. The second-order valence-electron chi connectivity index (χ2n) is 10.0. The van der Waals surface area contributed by atoms with Crippen LogP contribution in [0.15, 0.2) is 140 Å². The molecule has 8 rings (SSSR count). The third-order valence-electron chi connectivity index (χ3n) is 7.47. The number of fused-ring (bicyclic) bond motifs is 4. The zero-order valence-electron chi connectivity index (χ0n) is 22.0. The van der Waals surface area contributed by atoms with E-state index < -0.39 is 0 Å². The van der Waals surface area contributed by atoms with Crippen LogP contribution in [0.25, 0.3) is 72.6 Å². The molecular weight excluding hydrogens is 502 g/mol. The van der Waals surface area contributed by atoms with Gasteiger partial charge in [0.1, 0.15) is 5.82 Å². The highest BCUT2D eigenvalue weighted by atomic mass is 15.1. The molecule has 0 aliphatic heterocycles. The van der Waals surface area contributed by atoms with Gasteiger partial charge in [-0.15, -0.1) is 0 Å². The first kappa shape index (κ1) is 23.2. The van der Waals surface area contributed by atoms with Gasteiger partial charge in [0.2, 0.25) is 0 Å². The van der Waals surface area contributed by atoms with Gasteiger partial charge in [0.15, 0.2) is 17.5 Å². The number of hydrogen-bond acceptors (Lipinski definition) is 4. The number of benzene rings is 5. The van der Waals surface area contributed by atoms with E-state index in [1.54, 1.807) is 0 Å². The molecule has 0 aliphatic carbocycles. The van der Waals surface area contributed by atoms with Gasteiger partial charge in [-0.3, -0.25) is 4.57 Å². The molecule has 0 bridgehead atoms. The Balaban J connectivity index is 1.28. The Morgan fingerprint density at radius 1 is 0.415 bits per heavy atom. The van der Waals surface area contributed by atoms with Gasteiger partial charge in [0.05, 0.1) is 11.0 Å². The Labute approximate surface area is 236 Å². The fourth-order valence-corrected chi connectivity index (χ4v) is 5.49. The van der Waals surface area contributed by atoms with Crippen LogP contribution in [-0.2, 0) is 0 Å². The highest BCUT2D eigenvalue weighted by Crippen LogP contribution is 2.34. The number of para-hydroxylation sites is 1. The summed E-state index contributed by atoms with van der Waals surface area (Å²) in [5, 5.41) is 4.84. The van der Waals surface area contributed by atoms with E-state index in [1.807, 2.05) is 79.0 Å². The third kappa shape index (κ3) is 4.03. The van der Waals surface area contributed by atoms with Crippen LogP contribution >= 0.6 is 0 Å². The quantitative estimate of drug-likeness (QED) is 0.231. The highest BCUT2D eigenvalue weighted by molar-refractivity contribution is 6.13. The van der Waals surface area contributed by atoms with Gasteiger partial charge in [-0.05, 0) is 41.1 Å². The van der Waals surface area contributed by atoms with Crippen molar-refractivity contribution in [1.29, 1.82) is 0 Å². The molecule has 0 atom stereocenters. The smallest absolute Gasteiger partial charge is 0.165 e. The first-order valence-electron chi connectivity index (χ1n) is 13.6. The molecule has 5 aromatic carbocycles. The fourth-order valence-electron chi connectivity index (χ4n) is 5.49. The van der Waals surface area contributed by atoms with Crippen LogP contribution in [0.1, 0.15) is 0 Å².